The van der Waals surface area contributed by atoms with Crippen LogP contribution in [-0.4, -0.2) is 5.90 Å². The molecule has 0 amide bonds. The van der Waals surface area contributed by atoms with Crippen LogP contribution in [0.3, 0.4) is 0 Å². The minimum atomic E-state index is 0.263. The summed E-state index contributed by atoms with van der Waals surface area (Å²) in [5.74, 6) is 3.09. The van der Waals surface area contributed by atoms with Gasteiger partial charge in [-0.3, -0.25) is 0 Å². The monoisotopic (exact) mass is 255 g/mol. The average Bonchev–Trinajstić information content (AvgIpc) is 3.29. The van der Waals surface area contributed by atoms with Crippen LogP contribution in [0.15, 0.2) is 23.2 Å². The smallest absolute Gasteiger partial charge is 0.185 e. The van der Waals surface area contributed by atoms with Crippen LogP contribution in [-0.2, 0) is 4.74 Å². The van der Waals surface area contributed by atoms with E-state index in [0.29, 0.717) is 5.92 Å². The van der Waals surface area contributed by atoms with Crippen molar-refractivity contribution in [1.29, 1.82) is 0 Å². The van der Waals surface area contributed by atoms with E-state index in [2.05, 4.69) is 25.1 Å². The molecule has 1 aromatic rings. The Morgan fingerprint density at radius 3 is 2.68 bits per heavy atom. The van der Waals surface area contributed by atoms with E-state index in [1.54, 1.807) is 0 Å². The van der Waals surface area contributed by atoms with Gasteiger partial charge in [-0.05, 0) is 43.1 Å². The average molecular weight is 255 g/mol. The lowest BCUT2D eigenvalue weighted by Gasteiger charge is -2.27. The van der Waals surface area contributed by atoms with Crippen molar-refractivity contribution < 1.29 is 4.74 Å². The number of para-hydroxylation sites is 1. The molecule has 3 aliphatic rings. The maximum Gasteiger partial charge on any atom is 0.185 e. The molecule has 0 saturated heterocycles. The fraction of sp³-hybridized carbons (Fsp3) is 0.588. The minimum absolute atomic E-state index is 0.263. The SMILES string of the molecule is CC1=Nc2c([C@@H](C)C3CC3)cccc2[C@H](C2CC2)O1. The Labute approximate surface area is 114 Å². The second kappa shape index (κ2) is 4.09. The molecule has 0 N–H and O–H groups in total. The van der Waals surface area contributed by atoms with Gasteiger partial charge in [0.25, 0.3) is 0 Å². The maximum atomic E-state index is 6.00. The molecule has 19 heavy (non-hydrogen) atoms. The Bertz CT molecular complexity index is 540. The first kappa shape index (κ1) is 11.5. The zero-order valence-corrected chi connectivity index (χ0v) is 11.7. The van der Waals surface area contributed by atoms with Crippen LogP contribution in [0.5, 0.6) is 0 Å². The molecule has 2 aliphatic carbocycles. The topological polar surface area (TPSA) is 21.6 Å². The Balaban J connectivity index is 1.80. The van der Waals surface area contributed by atoms with Crippen LogP contribution in [0.1, 0.15) is 62.7 Å². The van der Waals surface area contributed by atoms with E-state index in [4.69, 9.17) is 9.73 Å². The highest BCUT2D eigenvalue weighted by Crippen LogP contribution is 2.51. The summed E-state index contributed by atoms with van der Waals surface area (Å²) in [6.45, 7) is 4.36. The highest BCUT2D eigenvalue weighted by molar-refractivity contribution is 5.81. The van der Waals surface area contributed by atoms with Gasteiger partial charge >= 0.3 is 0 Å². The fourth-order valence-electron chi connectivity index (χ4n) is 3.34. The standard InChI is InChI=1S/C17H21NO/c1-10(12-6-7-12)14-4-3-5-15-16(14)18-11(2)19-17(15)13-8-9-13/h3-5,10,12-13,17H,6-9H2,1-2H3/t10-,17-/m0/s1. The number of hydrogen-bond donors (Lipinski definition) is 0. The molecule has 4 rings (SSSR count). The molecule has 2 fully saturated rings. The summed E-state index contributed by atoms with van der Waals surface area (Å²) in [6.07, 6.45) is 5.64. The largest absolute Gasteiger partial charge is 0.472 e. The van der Waals surface area contributed by atoms with E-state index in [9.17, 15) is 0 Å². The molecule has 1 aliphatic heterocycles. The number of ether oxygens (including phenoxy) is 1. The van der Waals surface area contributed by atoms with Crippen LogP contribution in [0.25, 0.3) is 0 Å². The second-order valence-electron chi connectivity index (χ2n) is 6.42. The van der Waals surface area contributed by atoms with Gasteiger partial charge in [0, 0.05) is 18.4 Å². The Morgan fingerprint density at radius 1 is 1.21 bits per heavy atom. The van der Waals surface area contributed by atoms with Crippen LogP contribution in [0, 0.1) is 11.8 Å². The van der Waals surface area contributed by atoms with Crippen LogP contribution in [0.2, 0.25) is 0 Å². The van der Waals surface area contributed by atoms with E-state index < -0.39 is 0 Å². The Morgan fingerprint density at radius 2 is 2.00 bits per heavy atom. The number of nitrogens with zero attached hydrogens (tertiary/aromatic N) is 1. The van der Waals surface area contributed by atoms with Crippen LogP contribution < -0.4 is 0 Å². The number of hydrogen-bond acceptors (Lipinski definition) is 2. The van der Waals surface area contributed by atoms with E-state index in [1.165, 1.54) is 42.5 Å². The van der Waals surface area contributed by atoms with Crippen molar-refractivity contribution in [2.24, 2.45) is 16.8 Å². The second-order valence-corrected chi connectivity index (χ2v) is 6.42. The van der Waals surface area contributed by atoms with Crippen molar-refractivity contribution in [2.45, 2.75) is 51.6 Å². The molecule has 1 heterocycles. The lowest BCUT2D eigenvalue weighted by molar-refractivity contribution is 0.161. The lowest BCUT2D eigenvalue weighted by Crippen LogP contribution is -2.16. The number of fused-ring (bicyclic) bond motifs is 1. The maximum absolute atomic E-state index is 6.00. The molecule has 2 atom stereocenters. The zero-order valence-electron chi connectivity index (χ0n) is 11.7. The normalized spacial score (nSPS) is 27.3. The molecular formula is C17H21NO. The van der Waals surface area contributed by atoms with Crippen LogP contribution in [0.4, 0.5) is 5.69 Å². The summed E-state index contributed by atoms with van der Waals surface area (Å²) in [5, 5.41) is 0. The summed E-state index contributed by atoms with van der Waals surface area (Å²) in [5.41, 5.74) is 3.99. The predicted molar refractivity (Wildman–Crippen MR) is 76.9 cm³/mol. The fourth-order valence-corrected chi connectivity index (χ4v) is 3.34. The first-order valence-corrected chi connectivity index (χ1v) is 7.59. The lowest BCUT2D eigenvalue weighted by atomic mass is 9.90. The van der Waals surface area contributed by atoms with Gasteiger partial charge < -0.3 is 4.74 Å². The Kier molecular flexibility index (Phi) is 2.48. The minimum Gasteiger partial charge on any atom is -0.472 e. The molecule has 0 spiro atoms. The summed E-state index contributed by atoms with van der Waals surface area (Å²) in [4.78, 5) is 4.73. The van der Waals surface area contributed by atoms with E-state index in [0.717, 1.165) is 17.7 Å². The highest BCUT2D eigenvalue weighted by Gasteiger charge is 2.39. The number of benzene rings is 1. The third-order valence-electron chi connectivity index (χ3n) is 4.84. The Hall–Kier alpha value is -1.31. The molecule has 2 saturated carbocycles. The van der Waals surface area contributed by atoms with E-state index >= 15 is 0 Å². The summed E-state index contributed by atoms with van der Waals surface area (Å²) >= 11 is 0. The van der Waals surface area contributed by atoms with Gasteiger partial charge in [-0.15, -0.1) is 0 Å². The summed E-state index contributed by atoms with van der Waals surface area (Å²) in [6, 6.07) is 6.69. The zero-order chi connectivity index (χ0) is 13.0. The quantitative estimate of drug-likeness (QED) is 0.765. The van der Waals surface area contributed by atoms with Gasteiger partial charge in [-0.2, -0.15) is 0 Å². The predicted octanol–water partition coefficient (Wildman–Crippen LogP) is 4.73. The van der Waals surface area contributed by atoms with Crippen molar-refractivity contribution in [1.82, 2.24) is 0 Å². The van der Waals surface area contributed by atoms with Gasteiger partial charge in [0.15, 0.2) is 5.90 Å². The molecule has 1 aromatic carbocycles. The molecule has 2 heteroatoms. The molecule has 0 unspecified atom stereocenters. The summed E-state index contributed by atoms with van der Waals surface area (Å²) < 4.78 is 6.00. The van der Waals surface area contributed by atoms with Gasteiger partial charge in [0.1, 0.15) is 6.10 Å². The van der Waals surface area contributed by atoms with Gasteiger partial charge in [0.05, 0.1) is 5.69 Å². The number of aliphatic imine (C=N–C) groups is 1. The molecular weight excluding hydrogens is 234 g/mol. The third kappa shape index (κ3) is 1.98. The van der Waals surface area contributed by atoms with Crippen LogP contribution >= 0.6 is 0 Å². The van der Waals surface area contributed by atoms with Gasteiger partial charge in [0.2, 0.25) is 0 Å². The van der Waals surface area contributed by atoms with Crippen molar-refractivity contribution >= 4 is 11.6 Å². The number of rotatable bonds is 3. The molecule has 0 bridgehead atoms. The highest BCUT2D eigenvalue weighted by atomic mass is 16.5. The van der Waals surface area contributed by atoms with Crippen molar-refractivity contribution in [3.63, 3.8) is 0 Å². The molecule has 100 valence electrons. The molecule has 0 aromatic heterocycles. The first-order chi connectivity index (χ1) is 9.24. The summed E-state index contributed by atoms with van der Waals surface area (Å²) in [7, 11) is 0. The van der Waals surface area contributed by atoms with Crippen molar-refractivity contribution in [3.8, 4) is 0 Å². The van der Waals surface area contributed by atoms with E-state index in [-0.39, 0.29) is 6.10 Å². The van der Waals surface area contributed by atoms with Gasteiger partial charge in [-0.25, -0.2) is 4.99 Å². The molecule has 0 radical (unpaired) electrons. The third-order valence-corrected chi connectivity index (χ3v) is 4.84. The molecule has 2 nitrogen and oxygen atoms in total. The van der Waals surface area contributed by atoms with Gasteiger partial charge in [-0.1, -0.05) is 25.1 Å². The first-order valence-electron chi connectivity index (χ1n) is 7.59. The van der Waals surface area contributed by atoms with E-state index in [1.807, 2.05) is 6.92 Å². The van der Waals surface area contributed by atoms with Crippen molar-refractivity contribution in [3.05, 3.63) is 29.3 Å². The van der Waals surface area contributed by atoms with Crippen molar-refractivity contribution in [2.75, 3.05) is 0 Å².